The summed E-state index contributed by atoms with van der Waals surface area (Å²) in [4.78, 5) is 0. The first-order chi connectivity index (χ1) is 10.3. The lowest BCUT2D eigenvalue weighted by Crippen LogP contribution is -2.06. The maximum Gasteiger partial charge on any atom is 0.132 e. The van der Waals surface area contributed by atoms with E-state index in [4.69, 9.17) is 4.74 Å². The molecular weight excluding hydrogens is 332 g/mol. The smallest absolute Gasteiger partial charge is 0.132 e. The molecule has 0 spiro atoms. The van der Waals surface area contributed by atoms with Crippen molar-refractivity contribution in [1.82, 2.24) is 9.78 Å². The van der Waals surface area contributed by atoms with Gasteiger partial charge in [-0.15, -0.1) is 0 Å². The Kier molecular flexibility index (Phi) is 4.60. The fourth-order valence-electron chi connectivity index (χ4n) is 2.79. The second-order valence-electron chi connectivity index (χ2n) is 5.42. The van der Waals surface area contributed by atoms with Crippen LogP contribution in [-0.2, 0) is 13.2 Å². The second-order valence-corrected chi connectivity index (χ2v) is 6.34. The number of hydrogen-bond acceptors (Lipinski definition) is 3. The summed E-state index contributed by atoms with van der Waals surface area (Å²) in [6.45, 7) is 0.389. The van der Waals surface area contributed by atoms with Crippen LogP contribution in [0.15, 0.2) is 34.9 Å². The molecule has 1 aromatic heterocycles. The molecule has 1 aliphatic carbocycles. The Balaban J connectivity index is 1.65. The van der Waals surface area contributed by atoms with Crippen LogP contribution in [0.5, 0.6) is 5.75 Å². The van der Waals surface area contributed by atoms with Crippen molar-refractivity contribution < 1.29 is 9.84 Å². The lowest BCUT2D eigenvalue weighted by molar-refractivity contribution is 0.256. The van der Waals surface area contributed by atoms with E-state index in [1.807, 2.05) is 30.5 Å². The molecule has 21 heavy (non-hydrogen) atoms. The molecule has 2 aromatic rings. The first kappa shape index (κ1) is 14.6. The topological polar surface area (TPSA) is 47.3 Å². The molecule has 0 saturated heterocycles. The lowest BCUT2D eigenvalue weighted by atomic mass is 10.2. The molecule has 5 heteroatoms. The van der Waals surface area contributed by atoms with Crippen LogP contribution < -0.4 is 4.74 Å². The van der Waals surface area contributed by atoms with Gasteiger partial charge in [0.05, 0.1) is 18.3 Å². The van der Waals surface area contributed by atoms with Gasteiger partial charge in [0.2, 0.25) is 0 Å². The van der Waals surface area contributed by atoms with Crippen LogP contribution >= 0.6 is 15.9 Å². The summed E-state index contributed by atoms with van der Waals surface area (Å²) in [6, 6.07) is 8.21. The molecule has 0 bridgehead atoms. The van der Waals surface area contributed by atoms with Crippen LogP contribution in [0.4, 0.5) is 0 Å². The molecule has 0 aliphatic heterocycles. The minimum Gasteiger partial charge on any atom is -0.487 e. The third-order valence-corrected chi connectivity index (χ3v) is 4.42. The van der Waals surface area contributed by atoms with E-state index in [9.17, 15) is 5.11 Å². The van der Waals surface area contributed by atoms with E-state index < -0.39 is 0 Å². The van der Waals surface area contributed by atoms with Gasteiger partial charge in [-0.25, -0.2) is 0 Å². The van der Waals surface area contributed by atoms with E-state index in [0.29, 0.717) is 18.4 Å². The molecule has 0 unspecified atom stereocenters. The van der Waals surface area contributed by atoms with Gasteiger partial charge in [0.1, 0.15) is 12.4 Å². The van der Waals surface area contributed by atoms with Crippen molar-refractivity contribution in [3.05, 3.63) is 46.2 Å². The highest BCUT2D eigenvalue weighted by atomic mass is 79.9. The van der Waals surface area contributed by atoms with E-state index >= 15 is 0 Å². The van der Waals surface area contributed by atoms with Gasteiger partial charge in [0.25, 0.3) is 0 Å². The summed E-state index contributed by atoms with van der Waals surface area (Å²) >= 11 is 3.39. The monoisotopic (exact) mass is 350 g/mol. The van der Waals surface area contributed by atoms with E-state index in [2.05, 4.69) is 25.7 Å². The predicted molar refractivity (Wildman–Crippen MR) is 84.1 cm³/mol. The average molecular weight is 351 g/mol. The van der Waals surface area contributed by atoms with Crippen molar-refractivity contribution in [3.8, 4) is 5.75 Å². The number of halogens is 1. The Bertz CT molecular complexity index is 606. The van der Waals surface area contributed by atoms with Gasteiger partial charge in [-0.1, -0.05) is 28.8 Å². The molecular formula is C16H19BrN2O2. The average Bonchev–Trinajstić information content (AvgIpc) is 3.16. The van der Waals surface area contributed by atoms with Crippen molar-refractivity contribution in [3.63, 3.8) is 0 Å². The van der Waals surface area contributed by atoms with Gasteiger partial charge in [-0.05, 0) is 37.1 Å². The van der Waals surface area contributed by atoms with Crippen molar-refractivity contribution >= 4 is 15.9 Å². The van der Waals surface area contributed by atoms with Crippen LogP contribution in [-0.4, -0.2) is 14.9 Å². The number of rotatable bonds is 5. The molecule has 4 nitrogen and oxygen atoms in total. The zero-order valence-electron chi connectivity index (χ0n) is 11.8. The maximum atomic E-state index is 9.37. The molecule has 1 saturated carbocycles. The van der Waals surface area contributed by atoms with Gasteiger partial charge >= 0.3 is 0 Å². The maximum absolute atomic E-state index is 9.37. The first-order valence-corrected chi connectivity index (χ1v) is 8.11. The Labute approximate surface area is 132 Å². The molecule has 1 fully saturated rings. The number of benzene rings is 1. The number of aliphatic hydroxyl groups excluding tert-OH is 1. The van der Waals surface area contributed by atoms with Crippen molar-refractivity contribution in [2.75, 3.05) is 0 Å². The molecule has 1 heterocycles. The molecule has 0 amide bonds. The molecule has 1 aromatic carbocycles. The predicted octanol–water partition coefficient (Wildman–Crippen LogP) is 3.83. The Morgan fingerprint density at radius 2 is 2.10 bits per heavy atom. The van der Waals surface area contributed by atoms with Gasteiger partial charge in [-0.3, -0.25) is 4.68 Å². The quantitative estimate of drug-likeness (QED) is 0.891. The molecule has 112 valence electrons. The van der Waals surface area contributed by atoms with Crippen molar-refractivity contribution in [1.29, 1.82) is 0 Å². The number of hydrogen-bond donors (Lipinski definition) is 1. The Morgan fingerprint density at radius 3 is 2.86 bits per heavy atom. The van der Waals surface area contributed by atoms with E-state index in [1.54, 1.807) is 0 Å². The zero-order chi connectivity index (χ0) is 14.7. The van der Waals surface area contributed by atoms with Crippen LogP contribution in [0.25, 0.3) is 0 Å². The van der Waals surface area contributed by atoms with E-state index in [1.165, 1.54) is 25.7 Å². The summed E-state index contributed by atoms with van der Waals surface area (Å²) in [6.07, 6.45) is 7.10. The van der Waals surface area contributed by atoms with E-state index in [0.717, 1.165) is 15.7 Å². The van der Waals surface area contributed by atoms with Crippen LogP contribution in [0.1, 0.15) is 43.0 Å². The Hall–Kier alpha value is -1.33. The third-order valence-electron chi connectivity index (χ3n) is 3.93. The first-order valence-electron chi connectivity index (χ1n) is 7.32. The molecule has 3 rings (SSSR count). The standard InChI is InChI=1S/C16H19BrN2O2/c17-13-5-6-16(12(9-13)10-20)21-11-14-7-8-19(18-14)15-3-1-2-4-15/h5-9,15,20H,1-4,10-11H2. The SMILES string of the molecule is OCc1cc(Br)ccc1OCc1ccn(C2CCCC2)n1. The largest absolute Gasteiger partial charge is 0.487 e. The fourth-order valence-corrected chi connectivity index (χ4v) is 3.20. The number of aromatic nitrogens is 2. The Morgan fingerprint density at radius 1 is 1.29 bits per heavy atom. The van der Waals surface area contributed by atoms with Crippen molar-refractivity contribution in [2.45, 2.75) is 44.9 Å². The van der Waals surface area contributed by atoms with Gasteiger partial charge in [-0.2, -0.15) is 5.10 Å². The lowest BCUT2D eigenvalue weighted by Gasteiger charge is -2.10. The minimum absolute atomic E-state index is 0.0364. The van der Waals surface area contributed by atoms with Crippen LogP contribution in [0.3, 0.4) is 0 Å². The minimum atomic E-state index is -0.0364. The zero-order valence-corrected chi connectivity index (χ0v) is 13.4. The number of ether oxygens (including phenoxy) is 1. The second kappa shape index (κ2) is 6.62. The fraction of sp³-hybridized carbons (Fsp3) is 0.438. The number of aliphatic hydroxyl groups is 1. The normalized spacial score (nSPS) is 15.5. The summed E-state index contributed by atoms with van der Waals surface area (Å²) < 4.78 is 8.79. The summed E-state index contributed by atoms with van der Waals surface area (Å²) in [5.41, 5.74) is 1.70. The van der Waals surface area contributed by atoms with Gasteiger partial charge < -0.3 is 9.84 Å². The summed E-state index contributed by atoms with van der Waals surface area (Å²) in [7, 11) is 0. The molecule has 1 N–H and O–H groups in total. The summed E-state index contributed by atoms with van der Waals surface area (Å²) in [5, 5.41) is 14.0. The third kappa shape index (κ3) is 3.47. The van der Waals surface area contributed by atoms with Crippen molar-refractivity contribution in [2.24, 2.45) is 0 Å². The molecule has 1 aliphatic rings. The van der Waals surface area contributed by atoms with Gasteiger partial charge in [0.15, 0.2) is 0 Å². The van der Waals surface area contributed by atoms with Crippen LogP contribution in [0, 0.1) is 0 Å². The highest BCUT2D eigenvalue weighted by Crippen LogP contribution is 2.29. The number of nitrogens with zero attached hydrogens (tertiary/aromatic N) is 2. The summed E-state index contributed by atoms with van der Waals surface area (Å²) in [5.74, 6) is 0.705. The highest BCUT2D eigenvalue weighted by Gasteiger charge is 2.17. The highest BCUT2D eigenvalue weighted by molar-refractivity contribution is 9.10. The molecule has 0 atom stereocenters. The van der Waals surface area contributed by atoms with Crippen LogP contribution in [0.2, 0.25) is 0 Å². The van der Waals surface area contributed by atoms with Gasteiger partial charge in [0, 0.05) is 16.2 Å². The molecule has 0 radical (unpaired) electrons. The van der Waals surface area contributed by atoms with E-state index in [-0.39, 0.29) is 6.61 Å².